The molecule has 1 rings (SSSR count). The number of aliphatic carboxylic acids is 1. The first kappa shape index (κ1) is 12.5. The number of hydrogen-bond donors (Lipinski definition) is 2. The molecule has 2 atom stereocenters. The maximum absolute atomic E-state index is 10.5. The molecule has 2 unspecified atom stereocenters. The fourth-order valence-corrected chi connectivity index (χ4v) is 2.42. The van der Waals surface area contributed by atoms with E-state index in [4.69, 9.17) is 5.11 Å². The summed E-state index contributed by atoms with van der Waals surface area (Å²) < 4.78 is 0. The molecule has 0 spiro atoms. The van der Waals surface area contributed by atoms with Gasteiger partial charge in [-0.1, -0.05) is 26.7 Å². The van der Waals surface area contributed by atoms with Gasteiger partial charge in [0.15, 0.2) is 0 Å². The van der Waals surface area contributed by atoms with Crippen molar-refractivity contribution in [2.45, 2.75) is 52.0 Å². The van der Waals surface area contributed by atoms with Crippen LogP contribution in [-0.4, -0.2) is 23.7 Å². The number of carbonyl (C=O) groups is 1. The predicted molar refractivity (Wildman–Crippen MR) is 60.8 cm³/mol. The molecule has 1 aliphatic carbocycles. The molecular weight excluding hydrogens is 190 g/mol. The average Bonchev–Trinajstić information content (AvgIpc) is 2.58. The van der Waals surface area contributed by atoms with Gasteiger partial charge in [-0.25, -0.2) is 0 Å². The molecular formula is C12H23NO2. The second kappa shape index (κ2) is 6.11. The Hall–Kier alpha value is -0.570. The topological polar surface area (TPSA) is 49.3 Å². The van der Waals surface area contributed by atoms with Crippen molar-refractivity contribution in [1.29, 1.82) is 0 Å². The monoisotopic (exact) mass is 213 g/mol. The van der Waals surface area contributed by atoms with E-state index in [0.717, 1.165) is 12.3 Å². The largest absolute Gasteiger partial charge is 0.480 e. The lowest BCUT2D eigenvalue weighted by Gasteiger charge is -2.20. The lowest BCUT2D eigenvalue weighted by molar-refractivity contribution is -0.136. The van der Waals surface area contributed by atoms with Crippen LogP contribution in [0.15, 0.2) is 0 Å². The predicted octanol–water partition coefficient (Wildman–Crippen LogP) is 2.27. The first-order valence-corrected chi connectivity index (χ1v) is 6.04. The van der Waals surface area contributed by atoms with Crippen LogP contribution in [-0.2, 0) is 4.79 Å². The summed E-state index contributed by atoms with van der Waals surface area (Å²) >= 11 is 0. The van der Waals surface area contributed by atoms with E-state index >= 15 is 0 Å². The summed E-state index contributed by atoms with van der Waals surface area (Å²) in [4.78, 5) is 10.5. The van der Waals surface area contributed by atoms with E-state index in [2.05, 4.69) is 19.2 Å². The molecule has 0 amide bonds. The third-order valence-electron chi connectivity index (χ3n) is 3.29. The van der Waals surface area contributed by atoms with Crippen LogP contribution in [0.25, 0.3) is 0 Å². The molecule has 0 bridgehead atoms. The fourth-order valence-electron chi connectivity index (χ4n) is 2.42. The first-order chi connectivity index (χ1) is 7.09. The van der Waals surface area contributed by atoms with Gasteiger partial charge in [-0.3, -0.25) is 4.79 Å². The minimum atomic E-state index is -0.746. The van der Waals surface area contributed by atoms with E-state index < -0.39 is 5.97 Å². The van der Waals surface area contributed by atoms with Gasteiger partial charge in [0.05, 0.1) is 6.54 Å². The van der Waals surface area contributed by atoms with Crippen LogP contribution in [0.5, 0.6) is 0 Å². The van der Waals surface area contributed by atoms with Gasteiger partial charge in [0.2, 0.25) is 0 Å². The summed E-state index contributed by atoms with van der Waals surface area (Å²) in [6, 6.07) is 0.444. The minimum absolute atomic E-state index is 0.114. The third-order valence-corrected chi connectivity index (χ3v) is 3.29. The number of rotatable bonds is 6. The summed E-state index contributed by atoms with van der Waals surface area (Å²) in [5.74, 6) is 0.710. The van der Waals surface area contributed by atoms with E-state index in [9.17, 15) is 4.79 Å². The zero-order valence-electron chi connectivity index (χ0n) is 9.83. The molecule has 15 heavy (non-hydrogen) atoms. The smallest absolute Gasteiger partial charge is 0.317 e. The molecule has 88 valence electrons. The lowest BCUT2D eigenvalue weighted by atomic mass is 9.94. The van der Waals surface area contributed by atoms with Gasteiger partial charge in [0, 0.05) is 6.04 Å². The van der Waals surface area contributed by atoms with Crippen molar-refractivity contribution in [2.24, 2.45) is 11.8 Å². The highest BCUT2D eigenvalue weighted by Gasteiger charge is 2.26. The maximum Gasteiger partial charge on any atom is 0.317 e. The highest BCUT2D eigenvalue weighted by molar-refractivity contribution is 5.69. The highest BCUT2D eigenvalue weighted by Crippen LogP contribution is 2.30. The second-order valence-corrected chi connectivity index (χ2v) is 5.04. The van der Waals surface area contributed by atoms with E-state index in [1.54, 1.807) is 0 Å². The van der Waals surface area contributed by atoms with Gasteiger partial charge < -0.3 is 10.4 Å². The third kappa shape index (κ3) is 4.65. The van der Waals surface area contributed by atoms with Crippen molar-refractivity contribution < 1.29 is 9.90 Å². The minimum Gasteiger partial charge on any atom is -0.480 e. The van der Waals surface area contributed by atoms with Crippen molar-refractivity contribution in [2.75, 3.05) is 6.54 Å². The molecule has 0 aromatic carbocycles. The van der Waals surface area contributed by atoms with Crippen LogP contribution < -0.4 is 5.32 Å². The van der Waals surface area contributed by atoms with Crippen LogP contribution in [0.4, 0.5) is 0 Å². The molecule has 3 nitrogen and oxygen atoms in total. The van der Waals surface area contributed by atoms with E-state index in [-0.39, 0.29) is 6.54 Å². The Morgan fingerprint density at radius 1 is 1.47 bits per heavy atom. The van der Waals surface area contributed by atoms with E-state index in [0.29, 0.717) is 12.0 Å². The molecule has 3 heteroatoms. The quantitative estimate of drug-likeness (QED) is 0.711. The molecule has 0 aliphatic heterocycles. The van der Waals surface area contributed by atoms with Crippen LogP contribution in [0.1, 0.15) is 46.0 Å². The van der Waals surface area contributed by atoms with Gasteiger partial charge in [-0.15, -0.1) is 0 Å². The molecule has 1 aliphatic rings. The van der Waals surface area contributed by atoms with Crippen LogP contribution in [0, 0.1) is 11.8 Å². The van der Waals surface area contributed by atoms with E-state index in [1.807, 2.05) is 0 Å². The maximum atomic E-state index is 10.5. The number of hydrogen-bond acceptors (Lipinski definition) is 2. The molecule has 0 aromatic heterocycles. The van der Waals surface area contributed by atoms with Crippen molar-refractivity contribution in [1.82, 2.24) is 5.32 Å². The molecule has 0 heterocycles. The van der Waals surface area contributed by atoms with Crippen LogP contribution in [0.3, 0.4) is 0 Å². The Labute approximate surface area is 92.3 Å². The van der Waals surface area contributed by atoms with Gasteiger partial charge in [-0.05, 0) is 31.1 Å². The number of carboxylic acid groups (broad SMARTS) is 1. The summed E-state index contributed by atoms with van der Waals surface area (Å²) in [6.45, 7) is 4.60. The van der Waals surface area contributed by atoms with Crippen molar-refractivity contribution in [3.05, 3.63) is 0 Å². The van der Waals surface area contributed by atoms with Crippen LogP contribution in [0.2, 0.25) is 0 Å². The van der Waals surface area contributed by atoms with Crippen molar-refractivity contribution in [3.8, 4) is 0 Å². The molecule has 1 fully saturated rings. The van der Waals surface area contributed by atoms with Crippen LogP contribution >= 0.6 is 0 Å². The Morgan fingerprint density at radius 3 is 2.80 bits per heavy atom. The van der Waals surface area contributed by atoms with Crippen molar-refractivity contribution >= 4 is 5.97 Å². The Balaban J connectivity index is 2.26. The fraction of sp³-hybridized carbons (Fsp3) is 0.917. The molecule has 0 aromatic rings. The van der Waals surface area contributed by atoms with Gasteiger partial charge in [-0.2, -0.15) is 0 Å². The zero-order valence-corrected chi connectivity index (χ0v) is 9.83. The molecule has 2 N–H and O–H groups in total. The normalized spacial score (nSPS) is 26.1. The Bertz CT molecular complexity index is 204. The second-order valence-electron chi connectivity index (χ2n) is 5.04. The standard InChI is InChI=1S/C12H23NO2/c1-9(2)6-7-10-4-3-5-11(10)13-8-12(14)15/h9-11,13H,3-8H2,1-2H3,(H,14,15). The van der Waals surface area contributed by atoms with Gasteiger partial charge >= 0.3 is 5.97 Å². The molecule has 1 saturated carbocycles. The Morgan fingerprint density at radius 2 is 2.20 bits per heavy atom. The van der Waals surface area contributed by atoms with E-state index in [1.165, 1.54) is 25.7 Å². The first-order valence-electron chi connectivity index (χ1n) is 6.04. The highest BCUT2D eigenvalue weighted by atomic mass is 16.4. The zero-order chi connectivity index (χ0) is 11.3. The summed E-state index contributed by atoms with van der Waals surface area (Å²) in [6.07, 6.45) is 6.17. The molecule has 0 radical (unpaired) electrons. The molecule has 0 saturated heterocycles. The summed E-state index contributed by atoms with van der Waals surface area (Å²) in [5.41, 5.74) is 0. The van der Waals surface area contributed by atoms with Gasteiger partial charge in [0.1, 0.15) is 0 Å². The lowest BCUT2D eigenvalue weighted by Crippen LogP contribution is -2.36. The number of nitrogens with one attached hydrogen (secondary N) is 1. The Kier molecular flexibility index (Phi) is 5.09. The SMILES string of the molecule is CC(C)CCC1CCCC1NCC(=O)O. The van der Waals surface area contributed by atoms with Crippen molar-refractivity contribution in [3.63, 3.8) is 0 Å². The summed E-state index contributed by atoms with van der Waals surface area (Å²) in [7, 11) is 0. The average molecular weight is 213 g/mol. The number of carboxylic acids is 1. The summed E-state index contributed by atoms with van der Waals surface area (Å²) in [5, 5.41) is 11.8. The van der Waals surface area contributed by atoms with Gasteiger partial charge in [0.25, 0.3) is 0 Å².